The van der Waals surface area contributed by atoms with Crippen LogP contribution in [0.2, 0.25) is 5.02 Å². The number of para-hydroxylation sites is 2. The van der Waals surface area contributed by atoms with E-state index in [1.54, 1.807) is 11.5 Å². The molecule has 0 spiro atoms. The van der Waals surface area contributed by atoms with Crippen molar-refractivity contribution in [3.05, 3.63) is 97.8 Å². The lowest BCUT2D eigenvalue weighted by Gasteiger charge is -2.12. The predicted octanol–water partition coefficient (Wildman–Crippen LogP) is 4.70. The first-order chi connectivity index (χ1) is 15.1. The van der Waals surface area contributed by atoms with E-state index in [0.717, 1.165) is 22.2 Å². The molecule has 2 heterocycles. The van der Waals surface area contributed by atoms with Gasteiger partial charge < -0.3 is 9.47 Å². The summed E-state index contributed by atoms with van der Waals surface area (Å²) in [5, 5.41) is 0.657. The van der Waals surface area contributed by atoms with Gasteiger partial charge in [0, 0.05) is 10.6 Å². The highest BCUT2D eigenvalue weighted by molar-refractivity contribution is 7.15. The molecular formula is C24H17ClN2O3S. The van der Waals surface area contributed by atoms with Gasteiger partial charge in [0.25, 0.3) is 5.56 Å². The summed E-state index contributed by atoms with van der Waals surface area (Å²) in [6, 6.07) is 20.8. The standard InChI is InChI=1S/C24H17ClN2O3S/c1-29-21-12-15(10-11-20(21)30-14-16-6-2-3-7-17(16)25)13-22-23(28)27-19-9-5-4-8-18(19)26-24(27)31-22/h2-13H,14H2,1H3. The molecule has 7 heteroatoms. The number of imidazole rings is 1. The lowest BCUT2D eigenvalue weighted by molar-refractivity contribution is 0.284. The van der Waals surface area contributed by atoms with E-state index < -0.39 is 0 Å². The van der Waals surface area contributed by atoms with Crippen LogP contribution in [0.25, 0.3) is 22.1 Å². The van der Waals surface area contributed by atoms with E-state index in [1.165, 1.54) is 11.3 Å². The Labute approximate surface area is 186 Å². The zero-order valence-corrected chi connectivity index (χ0v) is 18.1. The molecule has 0 aliphatic rings. The number of benzene rings is 3. The number of ether oxygens (including phenoxy) is 2. The third-order valence-corrected chi connectivity index (χ3v) is 6.31. The van der Waals surface area contributed by atoms with Gasteiger partial charge in [-0.3, -0.25) is 4.79 Å². The summed E-state index contributed by atoms with van der Waals surface area (Å²) in [5.41, 5.74) is 3.30. The number of aromatic nitrogens is 2. The van der Waals surface area contributed by atoms with Crippen LogP contribution in [0.1, 0.15) is 11.1 Å². The van der Waals surface area contributed by atoms with Crippen molar-refractivity contribution >= 4 is 45.0 Å². The van der Waals surface area contributed by atoms with E-state index in [0.29, 0.717) is 32.6 Å². The summed E-state index contributed by atoms with van der Waals surface area (Å²) in [6.07, 6.45) is 1.84. The highest BCUT2D eigenvalue weighted by Gasteiger charge is 2.11. The number of fused-ring (bicyclic) bond motifs is 3. The SMILES string of the molecule is COc1cc(C=c2sc3nc4ccccc4n3c2=O)ccc1OCc1ccccc1Cl. The van der Waals surface area contributed by atoms with E-state index >= 15 is 0 Å². The maximum Gasteiger partial charge on any atom is 0.274 e. The summed E-state index contributed by atoms with van der Waals surface area (Å²) in [6.45, 7) is 0.332. The van der Waals surface area contributed by atoms with E-state index in [2.05, 4.69) is 4.98 Å². The fraction of sp³-hybridized carbons (Fsp3) is 0.0833. The molecule has 0 saturated carbocycles. The minimum Gasteiger partial charge on any atom is -0.493 e. The van der Waals surface area contributed by atoms with Crippen LogP contribution in [-0.2, 0) is 6.61 Å². The third-order valence-electron chi connectivity index (χ3n) is 4.97. The summed E-state index contributed by atoms with van der Waals surface area (Å²) < 4.78 is 13.7. The molecule has 0 unspecified atom stereocenters. The molecule has 3 aromatic carbocycles. The number of nitrogens with zero attached hydrogens (tertiary/aromatic N) is 2. The Balaban J connectivity index is 1.48. The molecule has 154 valence electrons. The van der Waals surface area contributed by atoms with Crippen molar-refractivity contribution in [3.8, 4) is 11.5 Å². The number of methoxy groups -OCH3 is 1. The number of thiazole rings is 1. The average Bonchev–Trinajstić information content (AvgIpc) is 3.29. The number of hydrogen-bond acceptors (Lipinski definition) is 5. The summed E-state index contributed by atoms with van der Waals surface area (Å²) in [5.74, 6) is 1.19. The minimum atomic E-state index is -0.0771. The monoisotopic (exact) mass is 448 g/mol. The van der Waals surface area contributed by atoms with Gasteiger partial charge in [-0.25, -0.2) is 9.38 Å². The topological polar surface area (TPSA) is 52.8 Å². The Morgan fingerprint density at radius 1 is 1.06 bits per heavy atom. The van der Waals surface area contributed by atoms with Crippen LogP contribution >= 0.6 is 22.9 Å². The summed E-state index contributed by atoms with van der Waals surface area (Å²) in [4.78, 5) is 18.2. The van der Waals surface area contributed by atoms with Crippen molar-refractivity contribution in [1.82, 2.24) is 9.38 Å². The second-order valence-electron chi connectivity index (χ2n) is 6.92. The molecule has 0 N–H and O–H groups in total. The van der Waals surface area contributed by atoms with Crippen LogP contribution in [-0.4, -0.2) is 16.5 Å². The molecule has 5 aromatic rings. The summed E-state index contributed by atoms with van der Waals surface area (Å²) >= 11 is 7.57. The Kier molecular flexibility index (Phi) is 5.10. The molecule has 0 amide bonds. The maximum absolute atomic E-state index is 13.0. The molecule has 5 rings (SSSR count). The third kappa shape index (κ3) is 3.65. The molecule has 0 radical (unpaired) electrons. The molecule has 0 aliphatic carbocycles. The number of rotatable bonds is 5. The Morgan fingerprint density at radius 3 is 2.71 bits per heavy atom. The van der Waals surface area contributed by atoms with Gasteiger partial charge in [0.2, 0.25) is 0 Å². The largest absolute Gasteiger partial charge is 0.493 e. The molecule has 2 aromatic heterocycles. The predicted molar refractivity (Wildman–Crippen MR) is 124 cm³/mol. The second kappa shape index (κ2) is 8.06. The average molecular weight is 449 g/mol. The van der Waals surface area contributed by atoms with Crippen molar-refractivity contribution < 1.29 is 9.47 Å². The number of halogens is 1. The van der Waals surface area contributed by atoms with Gasteiger partial charge in [0.15, 0.2) is 16.5 Å². The van der Waals surface area contributed by atoms with Crippen LogP contribution in [0, 0.1) is 0 Å². The van der Waals surface area contributed by atoms with E-state index in [9.17, 15) is 4.79 Å². The fourth-order valence-corrected chi connectivity index (χ4v) is 4.60. The van der Waals surface area contributed by atoms with Gasteiger partial charge in [-0.1, -0.05) is 59.3 Å². The minimum absolute atomic E-state index is 0.0771. The molecule has 0 bridgehead atoms. The van der Waals surface area contributed by atoms with Crippen molar-refractivity contribution in [1.29, 1.82) is 0 Å². The zero-order valence-electron chi connectivity index (χ0n) is 16.5. The lowest BCUT2D eigenvalue weighted by Crippen LogP contribution is -2.22. The summed E-state index contributed by atoms with van der Waals surface area (Å²) in [7, 11) is 1.59. The van der Waals surface area contributed by atoms with Crippen LogP contribution in [0.15, 0.2) is 71.5 Å². The maximum atomic E-state index is 13.0. The normalized spacial score (nSPS) is 12.0. The second-order valence-corrected chi connectivity index (χ2v) is 8.34. The number of hydrogen-bond donors (Lipinski definition) is 0. The first-order valence-electron chi connectivity index (χ1n) is 9.60. The Hall–Kier alpha value is -3.35. The van der Waals surface area contributed by atoms with Crippen molar-refractivity contribution in [3.63, 3.8) is 0 Å². The van der Waals surface area contributed by atoms with Crippen LogP contribution in [0.4, 0.5) is 0 Å². The van der Waals surface area contributed by atoms with Crippen LogP contribution < -0.4 is 19.6 Å². The molecular weight excluding hydrogens is 432 g/mol. The fourth-order valence-electron chi connectivity index (χ4n) is 3.43. The molecule has 0 fully saturated rings. The highest BCUT2D eigenvalue weighted by Crippen LogP contribution is 2.30. The highest BCUT2D eigenvalue weighted by atomic mass is 35.5. The van der Waals surface area contributed by atoms with E-state index in [1.807, 2.05) is 72.8 Å². The van der Waals surface area contributed by atoms with E-state index in [4.69, 9.17) is 21.1 Å². The first kappa shape index (κ1) is 19.6. The smallest absolute Gasteiger partial charge is 0.274 e. The van der Waals surface area contributed by atoms with Crippen LogP contribution in [0.3, 0.4) is 0 Å². The van der Waals surface area contributed by atoms with Crippen molar-refractivity contribution in [2.24, 2.45) is 0 Å². The Morgan fingerprint density at radius 2 is 1.87 bits per heavy atom. The zero-order chi connectivity index (χ0) is 21.4. The lowest BCUT2D eigenvalue weighted by atomic mass is 10.2. The van der Waals surface area contributed by atoms with Gasteiger partial charge in [0.05, 0.1) is 22.7 Å². The van der Waals surface area contributed by atoms with Gasteiger partial charge in [-0.05, 0) is 42.0 Å². The Bertz CT molecular complexity index is 1520. The van der Waals surface area contributed by atoms with Gasteiger partial charge >= 0.3 is 0 Å². The van der Waals surface area contributed by atoms with Gasteiger partial charge in [-0.15, -0.1) is 0 Å². The first-order valence-corrected chi connectivity index (χ1v) is 10.8. The van der Waals surface area contributed by atoms with Crippen molar-refractivity contribution in [2.75, 3.05) is 7.11 Å². The molecule has 31 heavy (non-hydrogen) atoms. The van der Waals surface area contributed by atoms with Gasteiger partial charge in [0.1, 0.15) is 6.61 Å². The molecule has 0 atom stereocenters. The van der Waals surface area contributed by atoms with Crippen LogP contribution in [0.5, 0.6) is 11.5 Å². The van der Waals surface area contributed by atoms with Gasteiger partial charge in [-0.2, -0.15) is 0 Å². The molecule has 5 nitrogen and oxygen atoms in total. The molecule has 0 saturated heterocycles. The molecule has 0 aliphatic heterocycles. The van der Waals surface area contributed by atoms with E-state index in [-0.39, 0.29) is 5.56 Å². The van der Waals surface area contributed by atoms with Crippen molar-refractivity contribution in [2.45, 2.75) is 6.61 Å². The quantitative estimate of drug-likeness (QED) is 0.391.